The van der Waals surface area contributed by atoms with E-state index in [2.05, 4.69) is 22.3 Å². The molecule has 106 valence electrons. The molecule has 2 N–H and O–H groups in total. The Hall–Kier alpha value is -1.39. The molecule has 1 rings (SSSR count). The Bertz CT molecular complexity index is 368. The molecule has 0 fully saturated rings. The predicted molar refractivity (Wildman–Crippen MR) is 77.4 cm³/mol. The lowest BCUT2D eigenvalue weighted by Gasteiger charge is -2.19. The number of aliphatic carboxylic acids is 1. The van der Waals surface area contributed by atoms with E-state index in [1.807, 2.05) is 32.2 Å². The van der Waals surface area contributed by atoms with E-state index in [9.17, 15) is 4.79 Å². The number of likely N-dealkylation sites (N-methyl/N-ethyl adjacent to an activating group) is 2. The van der Waals surface area contributed by atoms with Crippen LogP contribution in [-0.2, 0) is 11.2 Å². The Morgan fingerprint density at radius 2 is 2.00 bits per heavy atom. The maximum absolute atomic E-state index is 11.0. The van der Waals surface area contributed by atoms with E-state index in [4.69, 9.17) is 5.11 Å². The first kappa shape index (κ1) is 15.7. The molecule has 19 heavy (non-hydrogen) atoms. The van der Waals surface area contributed by atoms with E-state index >= 15 is 0 Å². The van der Waals surface area contributed by atoms with Gasteiger partial charge in [-0.1, -0.05) is 37.3 Å². The summed E-state index contributed by atoms with van der Waals surface area (Å²) < 4.78 is 0. The Morgan fingerprint density at radius 3 is 2.58 bits per heavy atom. The van der Waals surface area contributed by atoms with Crippen molar-refractivity contribution in [3.05, 3.63) is 35.9 Å². The fourth-order valence-corrected chi connectivity index (χ4v) is 1.99. The first-order chi connectivity index (χ1) is 9.13. The normalized spacial score (nSPS) is 12.6. The molecule has 1 atom stereocenters. The van der Waals surface area contributed by atoms with E-state index in [-0.39, 0.29) is 0 Å². The minimum Gasteiger partial charge on any atom is -0.480 e. The van der Waals surface area contributed by atoms with Gasteiger partial charge in [-0.25, -0.2) is 0 Å². The monoisotopic (exact) mass is 264 g/mol. The lowest BCUT2D eigenvalue weighted by atomic mass is 10.1. The zero-order valence-electron chi connectivity index (χ0n) is 11.8. The van der Waals surface area contributed by atoms with Crippen molar-refractivity contribution in [3.8, 4) is 0 Å². The molecule has 0 aliphatic rings. The Kier molecular flexibility index (Phi) is 7.15. The summed E-state index contributed by atoms with van der Waals surface area (Å²) in [6, 6.07) is 9.89. The van der Waals surface area contributed by atoms with E-state index in [0.717, 1.165) is 19.5 Å². The van der Waals surface area contributed by atoms with E-state index in [0.29, 0.717) is 13.0 Å². The minimum absolute atomic E-state index is 0.441. The molecular weight excluding hydrogens is 240 g/mol. The number of nitrogens with one attached hydrogen (secondary N) is 1. The van der Waals surface area contributed by atoms with Gasteiger partial charge < -0.3 is 15.3 Å². The van der Waals surface area contributed by atoms with Crippen molar-refractivity contribution in [1.82, 2.24) is 10.2 Å². The van der Waals surface area contributed by atoms with Gasteiger partial charge in [-0.15, -0.1) is 0 Å². The maximum Gasteiger partial charge on any atom is 0.320 e. The molecule has 0 spiro atoms. The first-order valence-corrected chi connectivity index (χ1v) is 6.82. The molecule has 1 unspecified atom stereocenters. The van der Waals surface area contributed by atoms with Crippen LogP contribution in [0.3, 0.4) is 0 Å². The van der Waals surface area contributed by atoms with Crippen LogP contribution in [0.15, 0.2) is 30.3 Å². The zero-order chi connectivity index (χ0) is 14.1. The first-order valence-electron chi connectivity index (χ1n) is 6.82. The third kappa shape index (κ3) is 6.36. The Balaban J connectivity index is 2.27. The van der Waals surface area contributed by atoms with Crippen molar-refractivity contribution >= 4 is 5.97 Å². The lowest BCUT2D eigenvalue weighted by Crippen LogP contribution is -2.39. The molecule has 0 aliphatic heterocycles. The van der Waals surface area contributed by atoms with E-state index in [1.54, 1.807) is 0 Å². The number of hydrogen-bond acceptors (Lipinski definition) is 3. The standard InChI is InChI=1S/C15H24N2O2/c1-3-16-14(15(18)19)10-12-17(2)11-9-13-7-5-4-6-8-13/h4-8,14,16H,3,9-12H2,1-2H3,(H,18,19). The summed E-state index contributed by atoms with van der Waals surface area (Å²) >= 11 is 0. The van der Waals surface area contributed by atoms with Gasteiger partial charge in [0.1, 0.15) is 6.04 Å². The number of carboxylic acid groups (broad SMARTS) is 1. The van der Waals surface area contributed by atoms with Gasteiger partial charge >= 0.3 is 5.97 Å². The summed E-state index contributed by atoms with van der Waals surface area (Å²) in [6.07, 6.45) is 1.63. The van der Waals surface area contributed by atoms with Crippen LogP contribution < -0.4 is 5.32 Å². The molecule has 0 saturated carbocycles. The van der Waals surface area contributed by atoms with Crippen molar-refractivity contribution in [2.75, 3.05) is 26.7 Å². The number of rotatable bonds is 9. The van der Waals surface area contributed by atoms with Crippen LogP contribution in [0.2, 0.25) is 0 Å². The average molecular weight is 264 g/mol. The summed E-state index contributed by atoms with van der Waals surface area (Å²) in [5.74, 6) is -0.765. The third-order valence-electron chi connectivity index (χ3n) is 3.17. The number of benzene rings is 1. The number of carboxylic acids is 1. The molecule has 0 bridgehead atoms. The quantitative estimate of drug-likeness (QED) is 0.711. The third-order valence-corrected chi connectivity index (χ3v) is 3.17. The molecule has 4 heteroatoms. The van der Waals surface area contributed by atoms with Crippen molar-refractivity contribution in [2.24, 2.45) is 0 Å². The highest BCUT2D eigenvalue weighted by Crippen LogP contribution is 2.02. The van der Waals surface area contributed by atoms with Gasteiger partial charge in [0.25, 0.3) is 0 Å². The minimum atomic E-state index is -0.765. The van der Waals surface area contributed by atoms with Crippen LogP contribution in [0.5, 0.6) is 0 Å². The Morgan fingerprint density at radius 1 is 1.32 bits per heavy atom. The highest BCUT2D eigenvalue weighted by molar-refractivity contribution is 5.73. The van der Waals surface area contributed by atoms with Crippen molar-refractivity contribution in [2.45, 2.75) is 25.8 Å². The number of carbonyl (C=O) groups is 1. The summed E-state index contributed by atoms with van der Waals surface area (Å²) in [5, 5.41) is 12.0. The summed E-state index contributed by atoms with van der Waals surface area (Å²) in [7, 11) is 2.04. The average Bonchev–Trinajstić information content (AvgIpc) is 2.42. The molecule has 0 radical (unpaired) electrons. The second kappa shape index (κ2) is 8.67. The molecule has 0 amide bonds. The van der Waals surface area contributed by atoms with Crippen molar-refractivity contribution in [1.29, 1.82) is 0 Å². The molecule has 1 aromatic carbocycles. The molecular formula is C15H24N2O2. The van der Waals surface area contributed by atoms with E-state index < -0.39 is 12.0 Å². The summed E-state index contributed by atoms with van der Waals surface area (Å²) in [4.78, 5) is 13.2. The number of hydrogen-bond donors (Lipinski definition) is 2. The zero-order valence-corrected chi connectivity index (χ0v) is 11.8. The van der Waals surface area contributed by atoms with Crippen LogP contribution in [-0.4, -0.2) is 48.7 Å². The molecule has 1 aromatic rings. The van der Waals surface area contributed by atoms with Gasteiger partial charge in [0.2, 0.25) is 0 Å². The SMILES string of the molecule is CCNC(CCN(C)CCc1ccccc1)C(=O)O. The van der Waals surface area contributed by atoms with Crippen LogP contribution >= 0.6 is 0 Å². The maximum atomic E-state index is 11.0. The fraction of sp³-hybridized carbons (Fsp3) is 0.533. The van der Waals surface area contributed by atoms with Crippen LogP contribution in [0.4, 0.5) is 0 Å². The molecule has 0 saturated heterocycles. The molecule has 4 nitrogen and oxygen atoms in total. The summed E-state index contributed by atoms with van der Waals surface area (Å²) in [5.41, 5.74) is 1.32. The van der Waals surface area contributed by atoms with Crippen LogP contribution in [0.25, 0.3) is 0 Å². The molecule has 0 aromatic heterocycles. The van der Waals surface area contributed by atoms with Gasteiger partial charge in [-0.05, 0) is 38.5 Å². The highest BCUT2D eigenvalue weighted by Gasteiger charge is 2.15. The second-order valence-corrected chi connectivity index (χ2v) is 4.78. The van der Waals surface area contributed by atoms with E-state index in [1.165, 1.54) is 5.56 Å². The van der Waals surface area contributed by atoms with Crippen molar-refractivity contribution in [3.63, 3.8) is 0 Å². The summed E-state index contributed by atoms with van der Waals surface area (Å²) in [6.45, 7) is 4.35. The predicted octanol–water partition coefficient (Wildman–Crippen LogP) is 1.61. The number of nitrogens with zero attached hydrogens (tertiary/aromatic N) is 1. The largest absolute Gasteiger partial charge is 0.480 e. The highest BCUT2D eigenvalue weighted by atomic mass is 16.4. The van der Waals surface area contributed by atoms with Gasteiger partial charge in [0.15, 0.2) is 0 Å². The van der Waals surface area contributed by atoms with Gasteiger partial charge in [-0.2, -0.15) is 0 Å². The topological polar surface area (TPSA) is 52.6 Å². The van der Waals surface area contributed by atoms with Gasteiger partial charge in [0, 0.05) is 6.54 Å². The van der Waals surface area contributed by atoms with Gasteiger partial charge in [-0.3, -0.25) is 4.79 Å². The molecule has 0 aliphatic carbocycles. The second-order valence-electron chi connectivity index (χ2n) is 4.78. The molecule has 0 heterocycles. The van der Waals surface area contributed by atoms with Crippen LogP contribution in [0, 0.1) is 0 Å². The lowest BCUT2D eigenvalue weighted by molar-refractivity contribution is -0.139. The van der Waals surface area contributed by atoms with Gasteiger partial charge in [0.05, 0.1) is 0 Å². The van der Waals surface area contributed by atoms with Crippen molar-refractivity contribution < 1.29 is 9.90 Å². The van der Waals surface area contributed by atoms with Crippen LogP contribution in [0.1, 0.15) is 18.9 Å². The Labute approximate surface area is 115 Å². The smallest absolute Gasteiger partial charge is 0.320 e. The fourth-order valence-electron chi connectivity index (χ4n) is 1.99.